The molecule has 0 bridgehead atoms. The number of halogens is 1. The molecule has 0 aliphatic heterocycles. The third-order valence-electron chi connectivity index (χ3n) is 3.07. The maximum atomic E-state index is 8.85. The van der Waals surface area contributed by atoms with Crippen LogP contribution in [0, 0.1) is 11.3 Å². The second kappa shape index (κ2) is 5.62. The van der Waals surface area contributed by atoms with Crippen LogP contribution in [0.3, 0.4) is 0 Å². The third kappa shape index (κ3) is 2.29. The largest absolute Gasteiger partial charge is 0.354 e. The minimum atomic E-state index is 0.401. The Hall–Kier alpha value is -1.89. The van der Waals surface area contributed by atoms with Crippen molar-refractivity contribution in [2.75, 3.05) is 5.75 Å². The number of nitriles is 1. The Bertz CT molecular complexity index is 787. The lowest BCUT2D eigenvalue weighted by atomic mass is 10.1. The molecule has 2 nitrogen and oxygen atoms in total. The standard InChI is InChI=1S/C16H11ClN2S/c17-12-7-4-8-13-14(12)16(20-10-9-18)15(19-13)11-5-2-1-3-6-11/h1-8,19H,10H2. The predicted octanol–water partition coefficient (Wildman–Crippen LogP) is 5.10. The first-order valence-electron chi connectivity index (χ1n) is 6.16. The molecule has 0 amide bonds. The Labute approximate surface area is 126 Å². The lowest BCUT2D eigenvalue weighted by molar-refractivity contribution is 1.39. The monoisotopic (exact) mass is 298 g/mol. The Morgan fingerprint density at radius 1 is 1.10 bits per heavy atom. The van der Waals surface area contributed by atoms with Crippen LogP contribution in [0.2, 0.25) is 5.02 Å². The molecule has 1 aromatic heterocycles. The van der Waals surface area contributed by atoms with Crippen LogP contribution in [0.1, 0.15) is 0 Å². The van der Waals surface area contributed by atoms with E-state index in [4.69, 9.17) is 16.9 Å². The van der Waals surface area contributed by atoms with Crippen molar-refractivity contribution in [3.8, 4) is 17.3 Å². The number of rotatable bonds is 3. The highest BCUT2D eigenvalue weighted by atomic mass is 35.5. The SMILES string of the molecule is N#CCSc1c(-c2ccccc2)[nH]c2cccc(Cl)c12. The van der Waals surface area contributed by atoms with Crippen molar-refractivity contribution in [2.45, 2.75) is 4.90 Å². The molecule has 3 aromatic rings. The maximum Gasteiger partial charge on any atom is 0.0856 e. The zero-order valence-corrected chi connectivity index (χ0v) is 12.1. The van der Waals surface area contributed by atoms with Crippen molar-refractivity contribution in [1.29, 1.82) is 5.26 Å². The van der Waals surface area contributed by atoms with Gasteiger partial charge in [0.2, 0.25) is 0 Å². The van der Waals surface area contributed by atoms with Crippen LogP contribution in [0.4, 0.5) is 0 Å². The number of benzene rings is 2. The first-order chi connectivity index (χ1) is 9.81. The average molecular weight is 299 g/mol. The second-order valence-electron chi connectivity index (χ2n) is 4.30. The van der Waals surface area contributed by atoms with Crippen LogP contribution in [-0.4, -0.2) is 10.7 Å². The summed E-state index contributed by atoms with van der Waals surface area (Å²) in [6.07, 6.45) is 0. The lowest BCUT2D eigenvalue weighted by Crippen LogP contribution is -1.81. The summed E-state index contributed by atoms with van der Waals surface area (Å²) in [6.45, 7) is 0. The van der Waals surface area contributed by atoms with Gasteiger partial charge >= 0.3 is 0 Å². The van der Waals surface area contributed by atoms with Crippen LogP contribution in [-0.2, 0) is 0 Å². The molecule has 98 valence electrons. The molecule has 20 heavy (non-hydrogen) atoms. The Morgan fingerprint density at radius 3 is 2.65 bits per heavy atom. The summed E-state index contributed by atoms with van der Waals surface area (Å²) < 4.78 is 0. The molecule has 1 heterocycles. The molecule has 0 radical (unpaired) electrons. The molecule has 1 N–H and O–H groups in total. The first kappa shape index (κ1) is 13.1. The quantitative estimate of drug-likeness (QED) is 0.683. The Kier molecular flexibility index (Phi) is 3.68. The highest BCUT2D eigenvalue weighted by Crippen LogP contribution is 2.40. The topological polar surface area (TPSA) is 39.6 Å². The minimum Gasteiger partial charge on any atom is -0.354 e. The Balaban J connectivity index is 2.26. The molecule has 0 unspecified atom stereocenters. The fraction of sp³-hybridized carbons (Fsp3) is 0.0625. The normalized spacial score (nSPS) is 10.6. The number of nitrogens with zero attached hydrogens (tertiary/aromatic N) is 1. The van der Waals surface area contributed by atoms with E-state index < -0.39 is 0 Å². The highest BCUT2D eigenvalue weighted by Gasteiger charge is 2.15. The van der Waals surface area contributed by atoms with Gasteiger partial charge < -0.3 is 4.98 Å². The van der Waals surface area contributed by atoms with Gasteiger partial charge in [-0.15, -0.1) is 11.8 Å². The zero-order valence-electron chi connectivity index (χ0n) is 10.6. The van der Waals surface area contributed by atoms with Crippen LogP contribution >= 0.6 is 23.4 Å². The smallest absolute Gasteiger partial charge is 0.0856 e. The van der Waals surface area contributed by atoms with E-state index in [-0.39, 0.29) is 0 Å². The fourth-order valence-electron chi connectivity index (χ4n) is 2.23. The van der Waals surface area contributed by atoms with Crippen molar-refractivity contribution in [1.82, 2.24) is 4.98 Å². The van der Waals surface area contributed by atoms with E-state index in [1.807, 2.05) is 36.4 Å². The number of hydrogen-bond acceptors (Lipinski definition) is 2. The molecule has 4 heteroatoms. The summed E-state index contributed by atoms with van der Waals surface area (Å²) in [5, 5.41) is 10.6. The van der Waals surface area contributed by atoms with Crippen molar-refractivity contribution in [3.05, 3.63) is 53.6 Å². The number of aromatic amines is 1. The molecule has 3 rings (SSSR count). The molecule has 0 aliphatic rings. The molecular weight excluding hydrogens is 288 g/mol. The first-order valence-corrected chi connectivity index (χ1v) is 7.53. The Morgan fingerprint density at radius 2 is 1.90 bits per heavy atom. The van der Waals surface area contributed by atoms with E-state index in [0.717, 1.165) is 27.1 Å². The molecule has 0 aliphatic carbocycles. The highest BCUT2D eigenvalue weighted by molar-refractivity contribution is 7.99. The van der Waals surface area contributed by atoms with Crippen LogP contribution in [0.5, 0.6) is 0 Å². The van der Waals surface area contributed by atoms with E-state index in [1.165, 1.54) is 11.8 Å². The van der Waals surface area contributed by atoms with Gasteiger partial charge in [-0.25, -0.2) is 0 Å². The van der Waals surface area contributed by atoms with Gasteiger partial charge in [0.25, 0.3) is 0 Å². The van der Waals surface area contributed by atoms with Gasteiger partial charge in [0, 0.05) is 15.8 Å². The lowest BCUT2D eigenvalue weighted by Gasteiger charge is -2.03. The summed E-state index contributed by atoms with van der Waals surface area (Å²) >= 11 is 7.84. The number of fused-ring (bicyclic) bond motifs is 1. The molecular formula is C16H11ClN2S. The van der Waals surface area contributed by atoms with Crippen molar-refractivity contribution < 1.29 is 0 Å². The second-order valence-corrected chi connectivity index (χ2v) is 5.70. The molecule has 0 spiro atoms. The zero-order chi connectivity index (χ0) is 13.9. The molecule has 0 fully saturated rings. The average Bonchev–Trinajstić information content (AvgIpc) is 2.86. The van der Waals surface area contributed by atoms with E-state index in [0.29, 0.717) is 10.8 Å². The predicted molar refractivity (Wildman–Crippen MR) is 85.1 cm³/mol. The molecule has 2 aromatic carbocycles. The van der Waals surface area contributed by atoms with Crippen LogP contribution in [0.15, 0.2) is 53.4 Å². The van der Waals surface area contributed by atoms with Gasteiger partial charge in [0.05, 0.1) is 22.5 Å². The summed E-state index contributed by atoms with van der Waals surface area (Å²) in [6, 6.07) is 18.1. The van der Waals surface area contributed by atoms with E-state index in [2.05, 4.69) is 23.2 Å². The fourth-order valence-corrected chi connectivity index (χ4v) is 3.44. The van der Waals surface area contributed by atoms with Crippen molar-refractivity contribution >= 4 is 34.3 Å². The van der Waals surface area contributed by atoms with E-state index >= 15 is 0 Å². The number of thioether (sulfide) groups is 1. The van der Waals surface area contributed by atoms with Crippen molar-refractivity contribution in [3.63, 3.8) is 0 Å². The van der Waals surface area contributed by atoms with Gasteiger partial charge in [-0.1, -0.05) is 48.0 Å². The maximum absolute atomic E-state index is 8.85. The molecule has 0 atom stereocenters. The van der Waals surface area contributed by atoms with Gasteiger partial charge in [-0.2, -0.15) is 5.26 Å². The number of hydrogen-bond donors (Lipinski definition) is 1. The third-order valence-corrected chi connectivity index (χ3v) is 4.36. The molecule has 0 saturated carbocycles. The van der Waals surface area contributed by atoms with Crippen molar-refractivity contribution in [2.24, 2.45) is 0 Å². The summed E-state index contributed by atoms with van der Waals surface area (Å²) in [5.41, 5.74) is 3.12. The van der Waals surface area contributed by atoms with E-state index in [1.54, 1.807) is 0 Å². The van der Waals surface area contributed by atoms with Gasteiger partial charge in [0.15, 0.2) is 0 Å². The van der Waals surface area contributed by atoms with Gasteiger partial charge in [-0.05, 0) is 17.7 Å². The minimum absolute atomic E-state index is 0.401. The number of nitrogens with one attached hydrogen (secondary N) is 1. The summed E-state index contributed by atoms with van der Waals surface area (Å²) in [5.74, 6) is 0.401. The van der Waals surface area contributed by atoms with Gasteiger partial charge in [0.1, 0.15) is 0 Å². The number of aromatic nitrogens is 1. The van der Waals surface area contributed by atoms with Crippen LogP contribution < -0.4 is 0 Å². The number of H-pyrrole nitrogens is 1. The van der Waals surface area contributed by atoms with Crippen LogP contribution in [0.25, 0.3) is 22.2 Å². The summed E-state index contributed by atoms with van der Waals surface area (Å²) in [7, 11) is 0. The van der Waals surface area contributed by atoms with Gasteiger partial charge in [-0.3, -0.25) is 0 Å². The molecule has 0 saturated heterocycles. The van der Waals surface area contributed by atoms with E-state index in [9.17, 15) is 0 Å². The summed E-state index contributed by atoms with van der Waals surface area (Å²) in [4.78, 5) is 4.46.